The number of halogens is 1. The number of anilines is 1. The summed E-state index contributed by atoms with van der Waals surface area (Å²) in [5.74, 6) is -0.340. The van der Waals surface area contributed by atoms with Gasteiger partial charge in [-0.05, 0) is 56.4 Å². The van der Waals surface area contributed by atoms with E-state index in [1.807, 2.05) is 4.90 Å². The molecule has 23 heavy (non-hydrogen) atoms. The van der Waals surface area contributed by atoms with Crippen molar-refractivity contribution in [3.63, 3.8) is 0 Å². The Balaban J connectivity index is 1.68. The summed E-state index contributed by atoms with van der Waals surface area (Å²) < 4.78 is 13.0. The molecule has 0 aromatic heterocycles. The first kappa shape index (κ1) is 15.8. The standard InChI is InChI=1S/C17H22FN3O2/c1-11(22)19-14-9-15-3-2-4-16(10-14)21(15)17(23)20-13-7-5-12(18)6-8-13/h5-8,14-16H,2-4,9-10H2,1H3,(H,19,22)(H,20,23). The third kappa shape index (κ3) is 3.63. The number of amides is 3. The fourth-order valence-corrected chi connectivity index (χ4v) is 3.84. The van der Waals surface area contributed by atoms with Crippen molar-refractivity contribution in [2.45, 2.75) is 57.2 Å². The highest BCUT2D eigenvalue weighted by atomic mass is 19.1. The molecule has 6 heteroatoms. The van der Waals surface area contributed by atoms with Crippen LogP contribution in [-0.2, 0) is 4.79 Å². The predicted octanol–water partition coefficient (Wildman–Crippen LogP) is 2.88. The lowest BCUT2D eigenvalue weighted by Crippen LogP contribution is -2.59. The van der Waals surface area contributed by atoms with Crippen molar-refractivity contribution < 1.29 is 14.0 Å². The Bertz CT molecular complexity index is 576. The first-order chi connectivity index (χ1) is 11.0. The maximum Gasteiger partial charge on any atom is 0.322 e. The van der Waals surface area contributed by atoms with Crippen LogP contribution in [0, 0.1) is 5.82 Å². The van der Waals surface area contributed by atoms with Crippen LogP contribution in [0.3, 0.4) is 0 Å². The minimum atomic E-state index is -0.323. The van der Waals surface area contributed by atoms with Gasteiger partial charge in [-0.25, -0.2) is 9.18 Å². The SMILES string of the molecule is CC(=O)NC1CC2CCCC(C1)N2C(=O)Nc1ccc(F)cc1. The summed E-state index contributed by atoms with van der Waals surface area (Å²) in [5.41, 5.74) is 0.596. The molecule has 2 aliphatic rings. The van der Waals surface area contributed by atoms with E-state index in [9.17, 15) is 14.0 Å². The van der Waals surface area contributed by atoms with Gasteiger partial charge in [-0.2, -0.15) is 0 Å². The van der Waals surface area contributed by atoms with Gasteiger partial charge in [0.15, 0.2) is 0 Å². The molecule has 3 amide bonds. The molecule has 1 aromatic rings. The van der Waals surface area contributed by atoms with Crippen LogP contribution in [0.25, 0.3) is 0 Å². The van der Waals surface area contributed by atoms with Gasteiger partial charge in [-0.3, -0.25) is 4.79 Å². The number of hydrogen-bond donors (Lipinski definition) is 2. The van der Waals surface area contributed by atoms with E-state index in [-0.39, 0.29) is 35.9 Å². The van der Waals surface area contributed by atoms with Gasteiger partial charge in [0.1, 0.15) is 5.82 Å². The van der Waals surface area contributed by atoms with Gasteiger partial charge in [0, 0.05) is 30.7 Å². The van der Waals surface area contributed by atoms with E-state index in [1.165, 1.54) is 19.1 Å². The highest BCUT2D eigenvalue weighted by molar-refractivity contribution is 5.90. The number of fused-ring (bicyclic) bond motifs is 2. The fraction of sp³-hybridized carbons (Fsp3) is 0.529. The molecule has 3 rings (SSSR count). The zero-order valence-electron chi connectivity index (χ0n) is 13.2. The molecular weight excluding hydrogens is 297 g/mol. The molecule has 0 spiro atoms. The second-order valence-electron chi connectivity index (χ2n) is 6.45. The average Bonchev–Trinajstić information content (AvgIpc) is 2.48. The average molecular weight is 319 g/mol. The molecule has 2 bridgehead atoms. The topological polar surface area (TPSA) is 61.4 Å². The highest BCUT2D eigenvalue weighted by Gasteiger charge is 2.41. The molecule has 0 radical (unpaired) electrons. The first-order valence-electron chi connectivity index (χ1n) is 8.15. The Morgan fingerprint density at radius 3 is 2.30 bits per heavy atom. The van der Waals surface area contributed by atoms with Crippen LogP contribution in [-0.4, -0.2) is 35.0 Å². The molecular formula is C17H22FN3O2. The van der Waals surface area contributed by atoms with Crippen molar-refractivity contribution in [2.24, 2.45) is 0 Å². The largest absolute Gasteiger partial charge is 0.353 e. The Morgan fingerprint density at radius 2 is 1.74 bits per heavy atom. The highest BCUT2D eigenvalue weighted by Crippen LogP contribution is 2.34. The van der Waals surface area contributed by atoms with Gasteiger partial charge in [0.05, 0.1) is 0 Å². The Kier molecular flexibility index (Phi) is 4.50. The second kappa shape index (κ2) is 6.56. The number of carbonyl (C=O) groups is 2. The normalized spacial score (nSPS) is 26.5. The van der Waals surface area contributed by atoms with Crippen LogP contribution in [0.1, 0.15) is 39.0 Å². The molecule has 2 N–H and O–H groups in total. The number of piperidine rings is 2. The minimum Gasteiger partial charge on any atom is -0.353 e. The molecule has 5 nitrogen and oxygen atoms in total. The maximum absolute atomic E-state index is 13.0. The fourth-order valence-electron chi connectivity index (χ4n) is 3.84. The monoisotopic (exact) mass is 319 g/mol. The molecule has 2 aliphatic heterocycles. The number of benzene rings is 1. The minimum absolute atomic E-state index is 0.0164. The Labute approximate surface area is 135 Å². The van der Waals surface area contributed by atoms with E-state index in [1.54, 1.807) is 12.1 Å². The maximum atomic E-state index is 13.0. The van der Waals surface area contributed by atoms with Crippen molar-refractivity contribution in [1.82, 2.24) is 10.2 Å². The summed E-state index contributed by atoms with van der Waals surface area (Å²) in [6, 6.07) is 6.11. The van der Waals surface area contributed by atoms with Gasteiger partial charge in [0.25, 0.3) is 0 Å². The summed E-state index contributed by atoms with van der Waals surface area (Å²) in [6.45, 7) is 1.53. The van der Waals surface area contributed by atoms with Crippen LogP contribution >= 0.6 is 0 Å². The molecule has 2 saturated heterocycles. The number of nitrogens with zero attached hydrogens (tertiary/aromatic N) is 1. The van der Waals surface area contributed by atoms with Crippen molar-refractivity contribution in [2.75, 3.05) is 5.32 Å². The number of rotatable bonds is 2. The Hall–Kier alpha value is -2.11. The number of urea groups is 1. The van der Waals surface area contributed by atoms with Crippen molar-refractivity contribution in [3.8, 4) is 0 Å². The van der Waals surface area contributed by atoms with Crippen LogP contribution in [0.4, 0.5) is 14.9 Å². The lowest BCUT2D eigenvalue weighted by Gasteiger charge is -2.48. The summed E-state index contributed by atoms with van der Waals surface area (Å²) in [6.07, 6.45) is 4.63. The third-order valence-corrected chi connectivity index (χ3v) is 4.71. The van der Waals surface area contributed by atoms with E-state index in [0.717, 1.165) is 32.1 Å². The van der Waals surface area contributed by atoms with Crippen molar-refractivity contribution >= 4 is 17.6 Å². The molecule has 2 heterocycles. The predicted molar refractivity (Wildman–Crippen MR) is 85.5 cm³/mol. The zero-order chi connectivity index (χ0) is 16.4. The quantitative estimate of drug-likeness (QED) is 0.880. The van der Waals surface area contributed by atoms with Crippen LogP contribution in [0.5, 0.6) is 0 Å². The third-order valence-electron chi connectivity index (χ3n) is 4.71. The summed E-state index contributed by atoms with van der Waals surface area (Å²) in [4.78, 5) is 25.8. The lowest BCUT2D eigenvalue weighted by atomic mass is 9.82. The smallest absolute Gasteiger partial charge is 0.322 e. The van der Waals surface area contributed by atoms with E-state index >= 15 is 0 Å². The van der Waals surface area contributed by atoms with E-state index < -0.39 is 0 Å². The van der Waals surface area contributed by atoms with Crippen LogP contribution in [0.2, 0.25) is 0 Å². The second-order valence-corrected chi connectivity index (χ2v) is 6.45. The van der Waals surface area contributed by atoms with Gasteiger partial charge >= 0.3 is 6.03 Å². The van der Waals surface area contributed by atoms with Crippen molar-refractivity contribution in [1.29, 1.82) is 0 Å². The molecule has 2 unspecified atom stereocenters. The van der Waals surface area contributed by atoms with Gasteiger partial charge < -0.3 is 15.5 Å². The van der Waals surface area contributed by atoms with E-state index in [4.69, 9.17) is 0 Å². The molecule has 1 aromatic carbocycles. The number of carbonyl (C=O) groups excluding carboxylic acids is 2. The van der Waals surface area contributed by atoms with Crippen LogP contribution < -0.4 is 10.6 Å². The summed E-state index contributed by atoms with van der Waals surface area (Å²) >= 11 is 0. The van der Waals surface area contributed by atoms with Crippen LogP contribution in [0.15, 0.2) is 24.3 Å². The zero-order valence-corrected chi connectivity index (χ0v) is 13.2. The first-order valence-corrected chi connectivity index (χ1v) is 8.15. The van der Waals surface area contributed by atoms with E-state index in [0.29, 0.717) is 5.69 Å². The molecule has 0 saturated carbocycles. The lowest BCUT2D eigenvalue weighted by molar-refractivity contribution is -0.120. The molecule has 2 atom stereocenters. The number of hydrogen-bond acceptors (Lipinski definition) is 2. The van der Waals surface area contributed by atoms with Crippen molar-refractivity contribution in [3.05, 3.63) is 30.1 Å². The number of nitrogens with one attached hydrogen (secondary N) is 2. The Morgan fingerprint density at radius 1 is 1.13 bits per heavy atom. The molecule has 0 aliphatic carbocycles. The van der Waals surface area contributed by atoms with Gasteiger partial charge in [-0.15, -0.1) is 0 Å². The van der Waals surface area contributed by atoms with Gasteiger partial charge in [0.2, 0.25) is 5.91 Å². The molecule has 124 valence electrons. The summed E-state index contributed by atoms with van der Waals surface area (Å²) in [7, 11) is 0. The summed E-state index contributed by atoms with van der Waals surface area (Å²) in [5, 5.41) is 5.84. The van der Waals surface area contributed by atoms with E-state index in [2.05, 4.69) is 10.6 Å². The van der Waals surface area contributed by atoms with Gasteiger partial charge in [-0.1, -0.05) is 0 Å². The molecule has 2 fully saturated rings.